The maximum absolute atomic E-state index is 12.2. The molecule has 4 aliphatic carbocycles. The number of nitrogen functional groups attached to an aromatic ring is 1. The summed E-state index contributed by atoms with van der Waals surface area (Å²) < 4.78 is 5.65. The maximum Gasteiger partial charge on any atom is 0.338 e. The third-order valence-electron chi connectivity index (χ3n) is 5.77. The van der Waals surface area contributed by atoms with Gasteiger partial charge in [0, 0.05) is 11.1 Å². The molecule has 1 aromatic carbocycles. The molecule has 1 aromatic rings. The number of carbonyl (C=O) groups is 1. The number of esters is 1. The summed E-state index contributed by atoms with van der Waals surface area (Å²) in [6.45, 7) is 0.609. The smallest absolute Gasteiger partial charge is 0.338 e. The lowest BCUT2D eigenvalue weighted by Crippen LogP contribution is -2.29. The van der Waals surface area contributed by atoms with Gasteiger partial charge in [0.1, 0.15) is 0 Å². The predicted molar refractivity (Wildman–Crippen MR) is 77.1 cm³/mol. The number of benzene rings is 1. The van der Waals surface area contributed by atoms with Gasteiger partial charge in [0.25, 0.3) is 0 Å². The molecule has 20 heavy (non-hydrogen) atoms. The van der Waals surface area contributed by atoms with Crippen LogP contribution in [0.15, 0.2) is 24.3 Å². The molecule has 5 rings (SSSR count). The number of carbonyl (C=O) groups excluding carboxylic acids is 1. The van der Waals surface area contributed by atoms with Gasteiger partial charge in [-0.25, -0.2) is 4.79 Å². The van der Waals surface area contributed by atoms with E-state index in [1.165, 1.54) is 32.1 Å². The molecule has 0 heterocycles. The zero-order valence-corrected chi connectivity index (χ0v) is 11.7. The fourth-order valence-electron chi connectivity index (χ4n) is 5.16. The van der Waals surface area contributed by atoms with Gasteiger partial charge in [0.15, 0.2) is 0 Å². The van der Waals surface area contributed by atoms with Gasteiger partial charge in [-0.2, -0.15) is 0 Å². The zero-order chi connectivity index (χ0) is 13.7. The fraction of sp³-hybridized carbons (Fsp3) is 0.588. The second-order valence-corrected chi connectivity index (χ2v) is 7.11. The minimum Gasteiger partial charge on any atom is -0.461 e. The van der Waals surface area contributed by atoms with Gasteiger partial charge >= 0.3 is 5.97 Å². The summed E-state index contributed by atoms with van der Waals surface area (Å²) >= 11 is 0. The minimum atomic E-state index is -0.224. The van der Waals surface area contributed by atoms with Crippen LogP contribution in [0.5, 0.6) is 0 Å². The van der Waals surface area contributed by atoms with Crippen LogP contribution in [0.2, 0.25) is 0 Å². The molecule has 0 radical (unpaired) electrons. The van der Waals surface area contributed by atoms with Crippen LogP contribution in [-0.2, 0) is 4.74 Å². The van der Waals surface area contributed by atoms with Crippen molar-refractivity contribution >= 4 is 11.7 Å². The Bertz CT molecular complexity index is 540. The quantitative estimate of drug-likeness (QED) is 0.678. The number of hydrogen-bond donors (Lipinski definition) is 1. The summed E-state index contributed by atoms with van der Waals surface area (Å²) in [4.78, 5) is 12.2. The zero-order valence-electron chi connectivity index (χ0n) is 11.7. The van der Waals surface area contributed by atoms with Crippen molar-refractivity contribution in [2.75, 3.05) is 12.3 Å². The highest BCUT2D eigenvalue weighted by atomic mass is 16.5. The van der Waals surface area contributed by atoms with Crippen LogP contribution in [0.1, 0.15) is 42.5 Å². The lowest BCUT2D eigenvalue weighted by molar-refractivity contribution is 0.0194. The molecular weight excluding hydrogens is 250 g/mol. The summed E-state index contributed by atoms with van der Waals surface area (Å²) in [5.74, 6) is 2.38. The minimum absolute atomic E-state index is 0.224. The van der Waals surface area contributed by atoms with Crippen LogP contribution in [0.4, 0.5) is 5.69 Å². The Morgan fingerprint density at radius 1 is 1.25 bits per heavy atom. The third-order valence-corrected chi connectivity index (χ3v) is 5.77. The first-order valence-electron chi connectivity index (χ1n) is 7.67. The number of ether oxygens (including phenoxy) is 1. The van der Waals surface area contributed by atoms with E-state index in [9.17, 15) is 4.79 Å². The molecule has 0 saturated heterocycles. The first-order valence-corrected chi connectivity index (χ1v) is 7.67. The maximum atomic E-state index is 12.2. The second-order valence-electron chi connectivity index (χ2n) is 7.11. The molecule has 4 saturated carbocycles. The molecular formula is C17H21NO2. The van der Waals surface area contributed by atoms with Crippen molar-refractivity contribution in [1.82, 2.24) is 0 Å². The van der Waals surface area contributed by atoms with Crippen molar-refractivity contribution in [3.63, 3.8) is 0 Å². The van der Waals surface area contributed by atoms with E-state index in [4.69, 9.17) is 10.5 Å². The Morgan fingerprint density at radius 3 is 2.70 bits per heavy atom. The van der Waals surface area contributed by atoms with Crippen LogP contribution >= 0.6 is 0 Å². The van der Waals surface area contributed by atoms with Crippen molar-refractivity contribution in [3.05, 3.63) is 29.8 Å². The second kappa shape index (κ2) is 4.24. The summed E-state index contributed by atoms with van der Waals surface area (Å²) in [6.07, 6.45) is 6.71. The molecule has 0 aliphatic heterocycles. The fourth-order valence-corrected chi connectivity index (χ4v) is 5.16. The van der Waals surface area contributed by atoms with Crippen molar-refractivity contribution in [2.45, 2.75) is 32.1 Å². The molecule has 106 valence electrons. The van der Waals surface area contributed by atoms with E-state index in [2.05, 4.69) is 0 Å². The molecule has 3 heteroatoms. The van der Waals surface area contributed by atoms with Crippen molar-refractivity contribution in [3.8, 4) is 0 Å². The van der Waals surface area contributed by atoms with Gasteiger partial charge in [-0.15, -0.1) is 0 Å². The van der Waals surface area contributed by atoms with Crippen LogP contribution in [0.25, 0.3) is 0 Å². The highest BCUT2D eigenvalue weighted by Crippen LogP contribution is 2.65. The van der Waals surface area contributed by atoms with E-state index in [-0.39, 0.29) is 5.97 Å². The van der Waals surface area contributed by atoms with Crippen LogP contribution in [0, 0.1) is 23.2 Å². The Labute approximate surface area is 119 Å². The topological polar surface area (TPSA) is 52.3 Å². The normalized spacial score (nSPS) is 37.3. The molecule has 2 N–H and O–H groups in total. The predicted octanol–water partition coefficient (Wildman–Crippen LogP) is 3.25. The molecule has 2 unspecified atom stereocenters. The Hall–Kier alpha value is -1.51. The molecule has 0 spiro atoms. The summed E-state index contributed by atoms with van der Waals surface area (Å²) in [7, 11) is 0. The van der Waals surface area contributed by atoms with Gasteiger partial charge in [0.2, 0.25) is 0 Å². The van der Waals surface area contributed by atoms with Gasteiger partial charge in [-0.05, 0) is 68.1 Å². The van der Waals surface area contributed by atoms with Crippen molar-refractivity contribution in [2.24, 2.45) is 23.2 Å². The highest BCUT2D eigenvalue weighted by molar-refractivity contribution is 5.90. The standard InChI is InChI=1S/C17H21NO2/c18-15-3-1-2-13(7-15)16(19)20-10-17-8-11-4-12(9-17)6-14(17)5-11/h1-3,7,11-12,14H,4-6,8-10,18H2. The van der Waals surface area contributed by atoms with E-state index in [1.54, 1.807) is 24.3 Å². The number of anilines is 1. The summed E-state index contributed by atoms with van der Waals surface area (Å²) in [5.41, 5.74) is 7.20. The first-order chi connectivity index (χ1) is 9.64. The monoisotopic (exact) mass is 271 g/mol. The van der Waals surface area contributed by atoms with Crippen LogP contribution in [0.3, 0.4) is 0 Å². The average Bonchev–Trinajstić information content (AvgIpc) is 2.81. The summed E-state index contributed by atoms with van der Waals surface area (Å²) in [6, 6.07) is 7.05. The van der Waals surface area contributed by atoms with E-state index in [0.29, 0.717) is 23.3 Å². The summed E-state index contributed by atoms with van der Waals surface area (Å²) in [5, 5.41) is 0. The number of nitrogens with two attached hydrogens (primary N) is 1. The molecule has 3 nitrogen and oxygen atoms in total. The molecule has 0 aromatic heterocycles. The largest absolute Gasteiger partial charge is 0.461 e. The lowest BCUT2D eigenvalue weighted by Gasteiger charge is -2.32. The Morgan fingerprint density at radius 2 is 2.00 bits per heavy atom. The van der Waals surface area contributed by atoms with E-state index >= 15 is 0 Å². The van der Waals surface area contributed by atoms with E-state index in [1.807, 2.05) is 0 Å². The molecule has 4 fully saturated rings. The Balaban J connectivity index is 1.45. The van der Waals surface area contributed by atoms with Crippen molar-refractivity contribution in [1.29, 1.82) is 0 Å². The molecule has 2 atom stereocenters. The van der Waals surface area contributed by atoms with E-state index < -0.39 is 0 Å². The van der Waals surface area contributed by atoms with Crippen LogP contribution in [-0.4, -0.2) is 12.6 Å². The Kier molecular flexibility index (Phi) is 2.60. The van der Waals surface area contributed by atoms with Gasteiger partial charge in [0.05, 0.1) is 12.2 Å². The van der Waals surface area contributed by atoms with Crippen molar-refractivity contribution < 1.29 is 9.53 Å². The SMILES string of the molecule is Nc1cccc(C(=O)OCC23CC4CC(CC2C4)C3)c1. The van der Waals surface area contributed by atoms with Crippen LogP contribution < -0.4 is 5.73 Å². The lowest BCUT2D eigenvalue weighted by atomic mass is 9.76. The number of hydrogen-bond acceptors (Lipinski definition) is 3. The highest BCUT2D eigenvalue weighted by Gasteiger charge is 2.58. The average molecular weight is 271 g/mol. The van der Waals surface area contributed by atoms with E-state index in [0.717, 1.165) is 17.8 Å². The molecule has 0 amide bonds. The van der Waals surface area contributed by atoms with Gasteiger partial charge in [-0.3, -0.25) is 0 Å². The molecule has 4 bridgehead atoms. The molecule has 4 aliphatic rings. The first kappa shape index (κ1) is 12.2. The number of rotatable bonds is 3. The van der Waals surface area contributed by atoms with Gasteiger partial charge in [-0.1, -0.05) is 6.07 Å². The third kappa shape index (κ3) is 1.83. The van der Waals surface area contributed by atoms with Gasteiger partial charge < -0.3 is 10.5 Å².